The average Bonchev–Trinajstić information content (AvgIpc) is 2.41. The third-order valence-corrected chi connectivity index (χ3v) is 2.43. The molecule has 0 spiro atoms. The zero-order chi connectivity index (χ0) is 13.0. The van der Waals surface area contributed by atoms with Crippen molar-refractivity contribution in [3.05, 3.63) is 59.9 Å². The molecule has 3 nitrogen and oxygen atoms in total. The maximum atomic E-state index is 13.4. The maximum absolute atomic E-state index is 13.4. The molecule has 94 valence electrons. The molecule has 0 bridgehead atoms. The zero-order valence-corrected chi connectivity index (χ0v) is 9.51. The summed E-state index contributed by atoms with van der Waals surface area (Å²) in [6.07, 6.45) is 2.63. The van der Waals surface area contributed by atoms with Crippen molar-refractivity contribution in [3.63, 3.8) is 0 Å². The number of ether oxygens (including phenoxy) is 1. The minimum atomic E-state index is -0.626. The molecule has 0 aliphatic rings. The minimum Gasteiger partial charge on any atom is -0.481 e. The van der Waals surface area contributed by atoms with Gasteiger partial charge in [-0.3, -0.25) is 4.98 Å². The van der Waals surface area contributed by atoms with Gasteiger partial charge < -0.3 is 10.5 Å². The highest BCUT2D eigenvalue weighted by atomic mass is 19.1. The molecule has 2 rings (SSSR count). The summed E-state index contributed by atoms with van der Waals surface area (Å²) in [7, 11) is 0. The number of halogens is 2. The highest BCUT2D eigenvalue weighted by molar-refractivity contribution is 5.26. The van der Waals surface area contributed by atoms with Crippen molar-refractivity contribution in [3.8, 4) is 5.75 Å². The van der Waals surface area contributed by atoms with Crippen molar-refractivity contribution in [1.82, 2.24) is 4.98 Å². The van der Waals surface area contributed by atoms with Gasteiger partial charge in [-0.05, 0) is 18.2 Å². The Morgan fingerprint density at radius 3 is 2.78 bits per heavy atom. The molecule has 0 amide bonds. The van der Waals surface area contributed by atoms with Gasteiger partial charge in [0, 0.05) is 30.6 Å². The van der Waals surface area contributed by atoms with E-state index in [2.05, 4.69) is 4.98 Å². The molecule has 1 heterocycles. The first-order chi connectivity index (χ1) is 8.70. The number of benzene rings is 1. The number of hydrogen-bond acceptors (Lipinski definition) is 3. The number of pyridine rings is 1. The van der Waals surface area contributed by atoms with Crippen LogP contribution < -0.4 is 10.5 Å². The Morgan fingerprint density at radius 1 is 1.28 bits per heavy atom. The summed E-state index contributed by atoms with van der Waals surface area (Å²) in [6.45, 7) is 0.141. The van der Waals surface area contributed by atoms with Crippen molar-refractivity contribution in [1.29, 1.82) is 0 Å². The Morgan fingerprint density at radius 2 is 2.11 bits per heavy atom. The minimum absolute atomic E-state index is 0.141. The molecule has 2 aromatic rings. The predicted molar refractivity (Wildman–Crippen MR) is 63.0 cm³/mol. The van der Waals surface area contributed by atoms with E-state index in [4.69, 9.17) is 10.5 Å². The smallest absolute Gasteiger partial charge is 0.165 e. The second kappa shape index (κ2) is 5.55. The summed E-state index contributed by atoms with van der Waals surface area (Å²) in [6, 6.07) is 6.53. The Kier molecular flexibility index (Phi) is 3.84. The van der Waals surface area contributed by atoms with Crippen LogP contribution in [0.25, 0.3) is 0 Å². The van der Waals surface area contributed by atoms with Crippen LogP contribution in [-0.4, -0.2) is 11.5 Å². The summed E-state index contributed by atoms with van der Waals surface area (Å²) in [4.78, 5) is 3.93. The second-order valence-electron chi connectivity index (χ2n) is 3.70. The molecule has 0 fully saturated rings. The molecule has 1 aromatic heterocycles. The van der Waals surface area contributed by atoms with Crippen LogP contribution in [0, 0.1) is 11.6 Å². The summed E-state index contributed by atoms with van der Waals surface area (Å²) < 4.78 is 31.8. The topological polar surface area (TPSA) is 48.1 Å². The molecular formula is C13H12F2N2O. The van der Waals surface area contributed by atoms with Crippen LogP contribution in [0.2, 0.25) is 0 Å². The molecule has 18 heavy (non-hydrogen) atoms. The van der Waals surface area contributed by atoms with Gasteiger partial charge in [0.1, 0.15) is 11.9 Å². The van der Waals surface area contributed by atoms with E-state index in [1.165, 1.54) is 0 Å². The van der Waals surface area contributed by atoms with E-state index >= 15 is 0 Å². The van der Waals surface area contributed by atoms with Crippen LogP contribution in [0.1, 0.15) is 11.7 Å². The standard InChI is InChI=1S/C13H12F2N2O/c14-10-3-4-11(15)12(6-10)18-13(7-16)9-2-1-5-17-8-9/h1-6,8,13H,7,16H2. The summed E-state index contributed by atoms with van der Waals surface area (Å²) >= 11 is 0. The van der Waals surface area contributed by atoms with Gasteiger partial charge in [-0.2, -0.15) is 0 Å². The fourth-order valence-corrected chi connectivity index (χ4v) is 1.54. The first-order valence-corrected chi connectivity index (χ1v) is 5.42. The third-order valence-electron chi connectivity index (χ3n) is 2.43. The highest BCUT2D eigenvalue weighted by Crippen LogP contribution is 2.24. The third kappa shape index (κ3) is 2.81. The summed E-state index contributed by atoms with van der Waals surface area (Å²) in [5.74, 6) is -1.35. The van der Waals surface area contributed by atoms with Crippen LogP contribution >= 0.6 is 0 Å². The Bertz CT molecular complexity index is 520. The molecule has 1 aromatic carbocycles. The first-order valence-electron chi connectivity index (χ1n) is 5.42. The SMILES string of the molecule is NCC(Oc1cc(F)ccc1F)c1cccnc1. The Balaban J connectivity index is 2.23. The van der Waals surface area contributed by atoms with Crippen LogP contribution in [0.4, 0.5) is 8.78 Å². The number of rotatable bonds is 4. The van der Waals surface area contributed by atoms with E-state index in [0.717, 1.165) is 18.2 Å². The zero-order valence-electron chi connectivity index (χ0n) is 9.51. The monoisotopic (exact) mass is 250 g/mol. The Labute approximate surface area is 103 Å². The van der Waals surface area contributed by atoms with Gasteiger partial charge in [0.2, 0.25) is 0 Å². The van der Waals surface area contributed by atoms with E-state index in [9.17, 15) is 8.78 Å². The van der Waals surface area contributed by atoms with Crippen molar-refractivity contribution < 1.29 is 13.5 Å². The average molecular weight is 250 g/mol. The lowest BCUT2D eigenvalue weighted by Gasteiger charge is -2.17. The van der Waals surface area contributed by atoms with Crippen molar-refractivity contribution in [2.45, 2.75) is 6.10 Å². The summed E-state index contributed by atoms with van der Waals surface area (Å²) in [5.41, 5.74) is 6.28. The number of hydrogen-bond donors (Lipinski definition) is 1. The fraction of sp³-hybridized carbons (Fsp3) is 0.154. The molecule has 0 aliphatic carbocycles. The second-order valence-corrected chi connectivity index (χ2v) is 3.70. The van der Waals surface area contributed by atoms with Crippen LogP contribution in [0.3, 0.4) is 0 Å². The van der Waals surface area contributed by atoms with E-state index in [1.54, 1.807) is 24.5 Å². The van der Waals surface area contributed by atoms with E-state index < -0.39 is 17.7 Å². The summed E-state index contributed by atoms with van der Waals surface area (Å²) in [5, 5.41) is 0. The maximum Gasteiger partial charge on any atom is 0.165 e. The van der Waals surface area contributed by atoms with Gasteiger partial charge in [0.15, 0.2) is 11.6 Å². The van der Waals surface area contributed by atoms with Gasteiger partial charge in [-0.1, -0.05) is 6.07 Å². The molecule has 1 unspecified atom stereocenters. The fourth-order valence-electron chi connectivity index (χ4n) is 1.54. The van der Waals surface area contributed by atoms with Gasteiger partial charge in [0.05, 0.1) is 0 Å². The van der Waals surface area contributed by atoms with Crippen LogP contribution in [-0.2, 0) is 0 Å². The lowest BCUT2D eigenvalue weighted by Crippen LogP contribution is -2.19. The molecule has 5 heteroatoms. The van der Waals surface area contributed by atoms with Gasteiger partial charge in [-0.25, -0.2) is 8.78 Å². The van der Waals surface area contributed by atoms with Crippen molar-refractivity contribution >= 4 is 0 Å². The molecule has 0 saturated heterocycles. The molecular weight excluding hydrogens is 238 g/mol. The van der Waals surface area contributed by atoms with Gasteiger partial charge in [-0.15, -0.1) is 0 Å². The molecule has 0 saturated carbocycles. The van der Waals surface area contributed by atoms with E-state index in [-0.39, 0.29) is 12.3 Å². The first kappa shape index (κ1) is 12.4. The largest absolute Gasteiger partial charge is 0.481 e. The molecule has 0 radical (unpaired) electrons. The number of nitrogens with zero attached hydrogens (tertiary/aromatic N) is 1. The Hall–Kier alpha value is -2.01. The molecule has 2 N–H and O–H groups in total. The van der Waals surface area contributed by atoms with Crippen molar-refractivity contribution in [2.24, 2.45) is 5.73 Å². The van der Waals surface area contributed by atoms with Crippen LogP contribution in [0.15, 0.2) is 42.7 Å². The number of aromatic nitrogens is 1. The lowest BCUT2D eigenvalue weighted by atomic mass is 10.1. The predicted octanol–water partition coefficient (Wildman–Crippen LogP) is 2.44. The molecule has 0 aliphatic heterocycles. The quantitative estimate of drug-likeness (QED) is 0.906. The number of nitrogens with two attached hydrogens (primary N) is 1. The molecule has 1 atom stereocenters. The lowest BCUT2D eigenvalue weighted by molar-refractivity contribution is 0.203. The normalized spacial score (nSPS) is 12.2. The van der Waals surface area contributed by atoms with Crippen LogP contribution in [0.5, 0.6) is 5.75 Å². The van der Waals surface area contributed by atoms with Gasteiger partial charge in [0.25, 0.3) is 0 Å². The van der Waals surface area contributed by atoms with Crippen molar-refractivity contribution in [2.75, 3.05) is 6.54 Å². The van der Waals surface area contributed by atoms with Gasteiger partial charge >= 0.3 is 0 Å². The highest BCUT2D eigenvalue weighted by Gasteiger charge is 2.14. The van der Waals surface area contributed by atoms with E-state index in [1.807, 2.05) is 0 Å². The van der Waals surface area contributed by atoms with E-state index in [0.29, 0.717) is 5.56 Å².